The third-order valence-electron chi connectivity index (χ3n) is 4.34. The molecule has 8 nitrogen and oxygen atoms in total. The summed E-state index contributed by atoms with van der Waals surface area (Å²) in [5.74, 6) is 0. The Morgan fingerprint density at radius 2 is 2.00 bits per heavy atom. The van der Waals surface area contributed by atoms with Gasteiger partial charge in [-0.05, 0) is 12.8 Å². The summed E-state index contributed by atoms with van der Waals surface area (Å²) < 4.78 is 51.2. The van der Waals surface area contributed by atoms with Crippen LogP contribution in [-0.2, 0) is 15.7 Å². The SMILES string of the molecule is O=c1c(C(F)(F)F)cn([C@@H]2CC(O)[C@H](CO)O2)c(=O)n1C1CCCO1. The van der Waals surface area contributed by atoms with E-state index in [1.54, 1.807) is 0 Å². The second-order valence-corrected chi connectivity index (χ2v) is 5.99. The zero-order chi connectivity index (χ0) is 18.4. The van der Waals surface area contributed by atoms with Gasteiger partial charge in [0, 0.05) is 19.2 Å². The normalized spacial score (nSPS) is 30.1. The molecule has 0 saturated carbocycles. The molecular weight excluding hydrogens is 349 g/mol. The first-order valence-electron chi connectivity index (χ1n) is 7.75. The third-order valence-corrected chi connectivity index (χ3v) is 4.34. The fraction of sp³-hybridized carbons (Fsp3) is 0.714. The second kappa shape index (κ2) is 6.56. The minimum Gasteiger partial charge on any atom is -0.394 e. The Morgan fingerprint density at radius 1 is 1.28 bits per heavy atom. The highest BCUT2D eigenvalue weighted by molar-refractivity contribution is 5.11. The summed E-state index contributed by atoms with van der Waals surface area (Å²) in [4.78, 5) is 24.8. The average molecular weight is 366 g/mol. The minimum atomic E-state index is -4.97. The van der Waals surface area contributed by atoms with Crippen LogP contribution in [0, 0.1) is 0 Å². The van der Waals surface area contributed by atoms with E-state index in [0.717, 1.165) is 0 Å². The first-order chi connectivity index (χ1) is 11.7. The highest BCUT2D eigenvalue weighted by Crippen LogP contribution is 2.31. The van der Waals surface area contributed by atoms with Gasteiger partial charge in [-0.1, -0.05) is 0 Å². The van der Waals surface area contributed by atoms with Gasteiger partial charge in [-0.3, -0.25) is 9.36 Å². The average Bonchev–Trinajstić information content (AvgIpc) is 3.16. The van der Waals surface area contributed by atoms with Crippen LogP contribution in [0.3, 0.4) is 0 Å². The molecule has 3 rings (SSSR count). The fourth-order valence-electron chi connectivity index (χ4n) is 3.06. The Morgan fingerprint density at radius 3 is 2.52 bits per heavy atom. The van der Waals surface area contributed by atoms with Crippen molar-refractivity contribution in [1.82, 2.24) is 9.13 Å². The van der Waals surface area contributed by atoms with Crippen LogP contribution in [0.2, 0.25) is 0 Å². The summed E-state index contributed by atoms with van der Waals surface area (Å²) in [6.45, 7) is -0.318. The molecule has 2 fully saturated rings. The molecule has 2 aliphatic rings. The molecule has 4 atom stereocenters. The van der Waals surface area contributed by atoms with Crippen LogP contribution in [0.25, 0.3) is 0 Å². The molecule has 2 aliphatic heterocycles. The largest absolute Gasteiger partial charge is 0.423 e. The molecule has 0 spiro atoms. The topological polar surface area (TPSA) is 103 Å². The lowest BCUT2D eigenvalue weighted by Crippen LogP contribution is -2.46. The summed E-state index contributed by atoms with van der Waals surface area (Å²) in [5.41, 5.74) is -4.01. The number of rotatable bonds is 3. The molecule has 3 heterocycles. The standard InChI is InChI=1S/C14H17F3N2O6/c15-14(16,17)7-5-18(11-4-8(21)9(6-20)25-11)13(23)19(12(7)22)10-2-1-3-24-10/h5,8-11,20-21H,1-4,6H2/t8?,9-,10?,11-/m0/s1. The Hall–Kier alpha value is -1.69. The number of ether oxygens (including phenoxy) is 2. The maximum absolute atomic E-state index is 13.2. The first kappa shape index (κ1) is 18.1. The maximum Gasteiger partial charge on any atom is 0.423 e. The Labute approximate surface area is 139 Å². The van der Waals surface area contributed by atoms with Gasteiger partial charge in [0.2, 0.25) is 0 Å². The van der Waals surface area contributed by atoms with Gasteiger partial charge in [0.1, 0.15) is 24.1 Å². The number of hydrogen-bond acceptors (Lipinski definition) is 6. The van der Waals surface area contributed by atoms with E-state index < -0.39 is 54.3 Å². The molecule has 2 N–H and O–H groups in total. The van der Waals surface area contributed by atoms with Gasteiger partial charge in [0.25, 0.3) is 5.56 Å². The number of aliphatic hydroxyl groups is 2. The van der Waals surface area contributed by atoms with Gasteiger partial charge in [-0.25, -0.2) is 9.36 Å². The number of aliphatic hydroxyl groups excluding tert-OH is 2. The predicted molar refractivity (Wildman–Crippen MR) is 75.8 cm³/mol. The summed E-state index contributed by atoms with van der Waals surface area (Å²) in [5, 5.41) is 18.9. The van der Waals surface area contributed by atoms with Gasteiger partial charge in [0.05, 0.1) is 12.7 Å². The lowest BCUT2D eigenvalue weighted by molar-refractivity contribution is -0.140. The van der Waals surface area contributed by atoms with E-state index in [1.807, 2.05) is 0 Å². The molecule has 140 valence electrons. The summed E-state index contributed by atoms with van der Waals surface area (Å²) in [6.07, 6.45) is -8.47. The zero-order valence-corrected chi connectivity index (χ0v) is 13.0. The van der Waals surface area contributed by atoms with E-state index in [1.165, 1.54) is 0 Å². The molecule has 0 bridgehead atoms. The molecule has 1 aromatic heterocycles. The monoisotopic (exact) mass is 366 g/mol. The molecule has 25 heavy (non-hydrogen) atoms. The van der Waals surface area contributed by atoms with Crippen LogP contribution in [-0.4, -0.2) is 44.8 Å². The number of alkyl halides is 3. The van der Waals surface area contributed by atoms with E-state index in [2.05, 4.69) is 0 Å². The number of nitrogens with zero attached hydrogens (tertiary/aromatic N) is 2. The molecule has 11 heteroatoms. The number of halogens is 3. The van der Waals surface area contributed by atoms with Crippen molar-refractivity contribution in [3.63, 3.8) is 0 Å². The van der Waals surface area contributed by atoms with E-state index in [-0.39, 0.29) is 19.4 Å². The van der Waals surface area contributed by atoms with Gasteiger partial charge in [-0.2, -0.15) is 13.2 Å². The second-order valence-electron chi connectivity index (χ2n) is 5.99. The van der Waals surface area contributed by atoms with E-state index in [0.29, 0.717) is 21.8 Å². The van der Waals surface area contributed by atoms with Crippen LogP contribution >= 0.6 is 0 Å². The fourth-order valence-corrected chi connectivity index (χ4v) is 3.06. The van der Waals surface area contributed by atoms with Crippen LogP contribution in [0.15, 0.2) is 15.8 Å². The van der Waals surface area contributed by atoms with Crippen molar-refractivity contribution >= 4 is 0 Å². The predicted octanol–water partition coefficient (Wildman–Crippen LogP) is -0.0215. The summed E-state index contributed by atoms with van der Waals surface area (Å²) in [6, 6.07) is 0. The van der Waals surface area contributed by atoms with Crippen LogP contribution in [0.4, 0.5) is 13.2 Å². The smallest absolute Gasteiger partial charge is 0.394 e. The molecule has 2 unspecified atom stereocenters. The summed E-state index contributed by atoms with van der Waals surface area (Å²) in [7, 11) is 0. The van der Waals surface area contributed by atoms with E-state index in [4.69, 9.17) is 14.6 Å². The highest BCUT2D eigenvalue weighted by atomic mass is 19.4. The number of hydrogen-bond donors (Lipinski definition) is 2. The Kier molecular flexibility index (Phi) is 4.75. The molecule has 0 aliphatic carbocycles. The molecule has 0 radical (unpaired) electrons. The van der Waals surface area contributed by atoms with Crippen molar-refractivity contribution in [3.8, 4) is 0 Å². The van der Waals surface area contributed by atoms with Crippen LogP contribution in [0.1, 0.15) is 37.3 Å². The molecule has 0 amide bonds. The third kappa shape index (κ3) is 3.24. The van der Waals surface area contributed by atoms with Gasteiger partial charge < -0.3 is 19.7 Å². The Bertz CT molecular complexity index is 752. The van der Waals surface area contributed by atoms with Crippen molar-refractivity contribution in [1.29, 1.82) is 0 Å². The van der Waals surface area contributed by atoms with Gasteiger partial charge >= 0.3 is 11.9 Å². The Balaban J connectivity index is 2.14. The molecule has 0 aromatic carbocycles. The van der Waals surface area contributed by atoms with E-state index >= 15 is 0 Å². The highest BCUT2D eigenvalue weighted by Gasteiger charge is 2.41. The van der Waals surface area contributed by atoms with Gasteiger partial charge in [-0.15, -0.1) is 0 Å². The van der Waals surface area contributed by atoms with Crippen molar-refractivity contribution in [3.05, 3.63) is 32.6 Å². The quantitative estimate of drug-likeness (QED) is 0.779. The lowest BCUT2D eigenvalue weighted by atomic mass is 10.2. The molecule has 2 saturated heterocycles. The maximum atomic E-state index is 13.2. The van der Waals surface area contributed by atoms with Crippen LogP contribution < -0.4 is 11.2 Å². The van der Waals surface area contributed by atoms with Gasteiger partial charge in [0.15, 0.2) is 0 Å². The summed E-state index contributed by atoms with van der Waals surface area (Å²) >= 11 is 0. The van der Waals surface area contributed by atoms with E-state index in [9.17, 15) is 27.9 Å². The first-order valence-corrected chi connectivity index (χ1v) is 7.75. The van der Waals surface area contributed by atoms with Crippen LogP contribution in [0.5, 0.6) is 0 Å². The molecule has 1 aromatic rings. The minimum absolute atomic E-state index is 0.188. The van der Waals surface area contributed by atoms with Crippen molar-refractivity contribution in [2.24, 2.45) is 0 Å². The number of aromatic nitrogens is 2. The molecular formula is C14H17F3N2O6. The van der Waals surface area contributed by atoms with Crippen molar-refractivity contribution in [2.75, 3.05) is 13.2 Å². The lowest BCUT2D eigenvalue weighted by Gasteiger charge is -2.21. The van der Waals surface area contributed by atoms with Crippen molar-refractivity contribution < 1.29 is 32.9 Å². The van der Waals surface area contributed by atoms with Crippen molar-refractivity contribution in [2.45, 2.75) is 50.1 Å². The zero-order valence-electron chi connectivity index (χ0n) is 13.0.